The summed E-state index contributed by atoms with van der Waals surface area (Å²) in [6.45, 7) is 5.79. The SMILES string of the molecule is CC1OC(OC2C(OCc3ccccc3)C(C)OC(Sc3ccccc3)C2OCc2ccccc2)C(OCc2ccccc2)C(OCc2ccccc2)C1OCc1ccccc1. The Kier molecular flexibility index (Phi) is 16.0. The average Bonchev–Trinajstić information content (AvgIpc) is 3.32. The zero-order valence-corrected chi connectivity index (χ0v) is 36.1. The van der Waals surface area contributed by atoms with Crippen LogP contribution in [0.3, 0.4) is 0 Å². The standard InChI is InChI=1S/C53H56O8S/c1-38-46(54-33-40-21-9-3-10-22-40)48(56-35-42-25-13-5-14-26-42)50(57-36-43-27-15-6-16-28-43)52(59-38)61-49-47(55-34-41-23-11-4-12-24-41)39(2)60-53(62-45-31-19-8-20-32-45)51(49)58-37-44-29-17-7-18-30-44/h3-32,38-39,46-53H,33-37H2,1-2H3. The minimum Gasteiger partial charge on any atom is -0.368 e. The van der Waals surface area contributed by atoms with Crippen LogP contribution in [-0.4, -0.2) is 60.6 Å². The van der Waals surface area contributed by atoms with Crippen molar-refractivity contribution in [2.75, 3.05) is 0 Å². The quantitative estimate of drug-likeness (QED) is 0.0792. The van der Waals surface area contributed by atoms with Gasteiger partial charge in [0.1, 0.15) is 42.1 Å². The largest absolute Gasteiger partial charge is 0.368 e. The molecule has 2 saturated heterocycles. The predicted molar refractivity (Wildman–Crippen MR) is 241 cm³/mol. The lowest BCUT2D eigenvalue weighted by Gasteiger charge is -2.49. The van der Waals surface area contributed by atoms with Gasteiger partial charge in [-0.25, -0.2) is 0 Å². The van der Waals surface area contributed by atoms with E-state index in [1.807, 2.05) is 123 Å². The van der Waals surface area contributed by atoms with Gasteiger partial charge in [-0.2, -0.15) is 0 Å². The van der Waals surface area contributed by atoms with Crippen molar-refractivity contribution >= 4 is 11.8 Å². The van der Waals surface area contributed by atoms with Gasteiger partial charge < -0.3 is 37.9 Å². The Hall–Kier alpha value is -4.65. The topological polar surface area (TPSA) is 73.8 Å². The zero-order chi connectivity index (χ0) is 42.4. The van der Waals surface area contributed by atoms with E-state index < -0.39 is 54.5 Å². The molecule has 6 aromatic rings. The molecule has 62 heavy (non-hydrogen) atoms. The van der Waals surface area contributed by atoms with Crippen LogP contribution in [0.2, 0.25) is 0 Å². The maximum atomic E-state index is 7.41. The fourth-order valence-corrected chi connectivity index (χ4v) is 9.11. The van der Waals surface area contributed by atoms with E-state index in [1.54, 1.807) is 11.8 Å². The lowest BCUT2D eigenvalue weighted by Crippen LogP contribution is -2.64. The molecule has 2 fully saturated rings. The van der Waals surface area contributed by atoms with E-state index in [0.29, 0.717) is 33.0 Å². The van der Waals surface area contributed by atoms with Crippen molar-refractivity contribution in [3.8, 4) is 0 Å². The molecular formula is C53H56O8S. The normalized spacial score (nSPS) is 26.2. The van der Waals surface area contributed by atoms with Crippen LogP contribution in [0.1, 0.15) is 41.7 Å². The molecule has 8 nitrogen and oxygen atoms in total. The number of ether oxygens (including phenoxy) is 8. The van der Waals surface area contributed by atoms with E-state index in [0.717, 1.165) is 32.7 Å². The maximum Gasteiger partial charge on any atom is 0.187 e. The van der Waals surface area contributed by atoms with Gasteiger partial charge >= 0.3 is 0 Å². The molecule has 10 unspecified atom stereocenters. The summed E-state index contributed by atoms with van der Waals surface area (Å²) >= 11 is 1.61. The first-order valence-electron chi connectivity index (χ1n) is 21.5. The summed E-state index contributed by atoms with van der Waals surface area (Å²) in [5.74, 6) is 0. The summed E-state index contributed by atoms with van der Waals surface area (Å²) < 4.78 is 55.8. The molecule has 0 aromatic heterocycles. The van der Waals surface area contributed by atoms with Crippen LogP contribution in [0, 0.1) is 0 Å². The number of benzene rings is 6. The predicted octanol–water partition coefficient (Wildman–Crippen LogP) is 10.6. The number of rotatable bonds is 19. The second kappa shape index (κ2) is 22.6. The first-order valence-corrected chi connectivity index (χ1v) is 22.4. The molecule has 2 aliphatic heterocycles. The van der Waals surface area contributed by atoms with Gasteiger partial charge in [-0.05, 0) is 53.8 Å². The Labute approximate surface area is 370 Å². The van der Waals surface area contributed by atoms with Crippen molar-refractivity contribution in [2.24, 2.45) is 0 Å². The highest BCUT2D eigenvalue weighted by molar-refractivity contribution is 7.99. The van der Waals surface area contributed by atoms with Gasteiger partial charge in [-0.15, -0.1) is 0 Å². The van der Waals surface area contributed by atoms with Crippen molar-refractivity contribution in [1.29, 1.82) is 0 Å². The number of hydrogen-bond acceptors (Lipinski definition) is 9. The second-order valence-corrected chi connectivity index (χ2v) is 16.9. The summed E-state index contributed by atoms with van der Waals surface area (Å²) in [5, 5.41) is 0. The van der Waals surface area contributed by atoms with E-state index in [-0.39, 0.29) is 6.10 Å². The fourth-order valence-electron chi connectivity index (χ4n) is 7.93. The van der Waals surface area contributed by atoms with E-state index in [9.17, 15) is 0 Å². The lowest BCUT2D eigenvalue weighted by atomic mass is 9.96. The smallest absolute Gasteiger partial charge is 0.187 e. The van der Waals surface area contributed by atoms with E-state index in [4.69, 9.17) is 37.9 Å². The van der Waals surface area contributed by atoms with Crippen LogP contribution in [-0.2, 0) is 70.9 Å². The van der Waals surface area contributed by atoms with Crippen LogP contribution in [0.25, 0.3) is 0 Å². The summed E-state index contributed by atoms with van der Waals surface area (Å²) in [5.41, 5.74) is 4.73. The Bertz CT molecular complexity index is 2150. The van der Waals surface area contributed by atoms with Crippen LogP contribution in [0.4, 0.5) is 0 Å². The summed E-state index contributed by atoms with van der Waals surface area (Å²) in [4.78, 5) is 1.06. The first-order chi connectivity index (χ1) is 30.6. The van der Waals surface area contributed by atoms with E-state index in [1.165, 1.54) is 0 Å². The van der Waals surface area contributed by atoms with Crippen molar-refractivity contribution in [2.45, 2.75) is 112 Å². The maximum absolute atomic E-state index is 7.41. The van der Waals surface area contributed by atoms with Crippen molar-refractivity contribution in [1.82, 2.24) is 0 Å². The third-order valence-corrected chi connectivity index (χ3v) is 12.3. The molecule has 0 radical (unpaired) electrons. The number of thioether (sulfide) groups is 1. The summed E-state index contributed by atoms with van der Waals surface area (Å²) in [6, 6.07) is 61.1. The molecule has 8 rings (SSSR count). The molecule has 2 heterocycles. The second-order valence-electron chi connectivity index (χ2n) is 15.8. The summed E-state index contributed by atoms with van der Waals surface area (Å²) in [6.07, 6.45) is -5.34. The molecule has 10 atom stereocenters. The van der Waals surface area contributed by atoms with Gasteiger partial charge in [0.05, 0.1) is 45.2 Å². The highest BCUT2D eigenvalue weighted by Gasteiger charge is 2.53. The Balaban J connectivity index is 1.16. The summed E-state index contributed by atoms with van der Waals surface area (Å²) in [7, 11) is 0. The lowest BCUT2D eigenvalue weighted by molar-refractivity contribution is -0.353. The molecule has 0 saturated carbocycles. The molecule has 0 N–H and O–H groups in total. The molecular weight excluding hydrogens is 797 g/mol. The molecule has 0 spiro atoms. The van der Waals surface area contributed by atoms with Gasteiger partial charge in [0.25, 0.3) is 0 Å². The van der Waals surface area contributed by atoms with Crippen molar-refractivity contribution in [3.63, 3.8) is 0 Å². The highest BCUT2D eigenvalue weighted by atomic mass is 32.2. The first kappa shape index (κ1) is 44.0. The van der Waals surface area contributed by atoms with E-state index >= 15 is 0 Å². The van der Waals surface area contributed by atoms with Crippen molar-refractivity contribution in [3.05, 3.63) is 210 Å². The van der Waals surface area contributed by atoms with Crippen LogP contribution in [0.5, 0.6) is 0 Å². The minimum absolute atomic E-state index is 0.304. The molecule has 0 aliphatic carbocycles. The minimum atomic E-state index is -0.908. The van der Waals surface area contributed by atoms with Gasteiger partial charge in [0.2, 0.25) is 0 Å². The highest BCUT2D eigenvalue weighted by Crippen LogP contribution is 2.40. The Morgan fingerprint density at radius 3 is 1.10 bits per heavy atom. The fraction of sp³-hybridized carbons (Fsp3) is 0.321. The van der Waals surface area contributed by atoms with E-state index in [2.05, 4.69) is 72.8 Å². The van der Waals surface area contributed by atoms with Gasteiger partial charge in [-0.1, -0.05) is 182 Å². The third-order valence-electron chi connectivity index (χ3n) is 11.2. The molecule has 2 aliphatic rings. The van der Waals surface area contributed by atoms with Crippen LogP contribution in [0.15, 0.2) is 187 Å². The molecule has 9 heteroatoms. The zero-order valence-electron chi connectivity index (χ0n) is 35.3. The molecule has 0 bridgehead atoms. The van der Waals surface area contributed by atoms with Gasteiger partial charge in [0.15, 0.2) is 6.29 Å². The monoisotopic (exact) mass is 852 g/mol. The van der Waals surface area contributed by atoms with Gasteiger partial charge in [-0.3, -0.25) is 0 Å². The molecule has 322 valence electrons. The molecule has 0 amide bonds. The van der Waals surface area contributed by atoms with Crippen LogP contribution < -0.4 is 0 Å². The third kappa shape index (κ3) is 12.1. The van der Waals surface area contributed by atoms with Gasteiger partial charge in [0, 0.05) is 4.90 Å². The van der Waals surface area contributed by atoms with Crippen LogP contribution >= 0.6 is 11.8 Å². The number of hydrogen-bond donors (Lipinski definition) is 0. The van der Waals surface area contributed by atoms with Crippen molar-refractivity contribution < 1.29 is 37.9 Å². The molecule has 6 aromatic carbocycles. The Morgan fingerprint density at radius 2 is 0.677 bits per heavy atom. The Morgan fingerprint density at radius 1 is 0.355 bits per heavy atom. The average molecular weight is 853 g/mol.